The highest BCUT2D eigenvalue weighted by Crippen LogP contribution is 2.45. The Labute approximate surface area is 298 Å². The van der Waals surface area contributed by atoms with E-state index in [1.165, 1.54) is 37.7 Å². The van der Waals surface area contributed by atoms with E-state index >= 15 is 0 Å². The molecule has 0 N–H and O–H groups in total. The second-order valence-electron chi connectivity index (χ2n) is 13.2. The minimum atomic E-state index is 0.574. The predicted octanol–water partition coefficient (Wildman–Crippen LogP) is 11.7. The van der Waals surface area contributed by atoms with Gasteiger partial charge in [0.05, 0.1) is 22.1 Å². The van der Waals surface area contributed by atoms with Crippen molar-refractivity contribution in [2.45, 2.75) is 0 Å². The molecule has 242 valence electrons. The maximum Gasteiger partial charge on any atom is 0.238 e. The van der Waals surface area contributed by atoms with E-state index in [9.17, 15) is 0 Å². The van der Waals surface area contributed by atoms with Gasteiger partial charge in [0.15, 0.2) is 11.6 Å². The summed E-state index contributed by atoms with van der Waals surface area (Å²) < 4.78 is 4.70. The van der Waals surface area contributed by atoms with E-state index < -0.39 is 0 Å². The molecule has 0 fully saturated rings. The number of rotatable bonds is 4. The molecule has 0 saturated carbocycles. The molecule has 0 saturated heterocycles. The Kier molecular flexibility index (Phi) is 6.18. The van der Waals surface area contributed by atoms with Crippen LogP contribution in [0.5, 0.6) is 0 Å². The second kappa shape index (κ2) is 11.2. The standard InChI is InChI=1S/C47H29N5/c1-4-16-32(17-5-1)45-48-46(33-18-6-2-7-19-33)50-47(49-45)52-40-29-25-31-15-11-13-23-36(31)42(40)38-27-26-37-41-35-22-12-10-14-30(35)24-28-39(41)51(43(37)44(38)52)34-20-8-3-9-21-34/h1-29H. The van der Waals surface area contributed by atoms with Crippen molar-refractivity contribution in [1.29, 1.82) is 0 Å². The van der Waals surface area contributed by atoms with E-state index in [2.05, 4.69) is 149 Å². The Morgan fingerprint density at radius 3 is 1.31 bits per heavy atom. The van der Waals surface area contributed by atoms with Gasteiger partial charge in [0, 0.05) is 38.4 Å². The highest BCUT2D eigenvalue weighted by Gasteiger charge is 2.25. The third-order valence-corrected chi connectivity index (χ3v) is 10.3. The zero-order valence-corrected chi connectivity index (χ0v) is 28.0. The van der Waals surface area contributed by atoms with Crippen molar-refractivity contribution in [3.05, 3.63) is 176 Å². The summed E-state index contributed by atoms with van der Waals surface area (Å²) in [5.41, 5.74) is 7.32. The molecule has 3 heterocycles. The van der Waals surface area contributed by atoms with Gasteiger partial charge in [-0.3, -0.25) is 4.57 Å². The summed E-state index contributed by atoms with van der Waals surface area (Å²) >= 11 is 0. The molecule has 5 nitrogen and oxygen atoms in total. The first kappa shape index (κ1) is 28.7. The fourth-order valence-corrected chi connectivity index (χ4v) is 8.09. The largest absolute Gasteiger partial charge is 0.307 e. The normalized spacial score (nSPS) is 11.8. The lowest BCUT2D eigenvalue weighted by Gasteiger charge is -2.13. The van der Waals surface area contributed by atoms with E-state index in [1.807, 2.05) is 36.4 Å². The molecule has 52 heavy (non-hydrogen) atoms. The topological polar surface area (TPSA) is 48.5 Å². The maximum atomic E-state index is 5.30. The molecule has 0 amide bonds. The van der Waals surface area contributed by atoms with Gasteiger partial charge in [0.2, 0.25) is 5.95 Å². The molecule has 0 unspecified atom stereocenters. The third-order valence-electron chi connectivity index (χ3n) is 10.3. The van der Waals surface area contributed by atoms with Gasteiger partial charge in [-0.1, -0.05) is 152 Å². The Bertz CT molecular complexity index is 3100. The van der Waals surface area contributed by atoms with Gasteiger partial charge in [0.1, 0.15) is 0 Å². The average Bonchev–Trinajstić information content (AvgIpc) is 3.75. The molecule has 3 aromatic heterocycles. The first-order valence-electron chi connectivity index (χ1n) is 17.6. The van der Waals surface area contributed by atoms with Crippen molar-refractivity contribution < 1.29 is 0 Å². The number of para-hydroxylation sites is 1. The van der Waals surface area contributed by atoms with Crippen LogP contribution in [0, 0.1) is 0 Å². The van der Waals surface area contributed by atoms with Crippen molar-refractivity contribution in [1.82, 2.24) is 24.1 Å². The van der Waals surface area contributed by atoms with Crippen LogP contribution in [0.15, 0.2) is 176 Å². The quantitative estimate of drug-likeness (QED) is 0.188. The van der Waals surface area contributed by atoms with Crippen LogP contribution in [0.25, 0.3) is 99.6 Å². The molecular weight excluding hydrogens is 635 g/mol. The van der Waals surface area contributed by atoms with Gasteiger partial charge < -0.3 is 4.57 Å². The molecule has 0 radical (unpaired) electrons. The Balaban J connectivity index is 1.39. The number of hydrogen-bond acceptors (Lipinski definition) is 3. The first-order valence-corrected chi connectivity index (χ1v) is 17.6. The molecule has 0 aliphatic heterocycles. The molecule has 0 atom stereocenters. The smallest absolute Gasteiger partial charge is 0.238 e. The van der Waals surface area contributed by atoms with Crippen LogP contribution in [0.1, 0.15) is 0 Å². The SMILES string of the molecule is c1ccc(-c2nc(-c3ccccc3)nc(-n3c4ccc5ccccc5c4c4ccc5c6c7ccccc7ccc6n(-c6ccccc6)c5c43)n2)cc1. The number of fused-ring (bicyclic) bond motifs is 11. The molecular formula is C47H29N5. The summed E-state index contributed by atoms with van der Waals surface area (Å²) in [5.74, 6) is 1.83. The van der Waals surface area contributed by atoms with Gasteiger partial charge in [-0.25, -0.2) is 4.98 Å². The van der Waals surface area contributed by atoms with E-state index in [0.717, 1.165) is 44.3 Å². The zero-order valence-electron chi connectivity index (χ0n) is 28.0. The maximum absolute atomic E-state index is 5.30. The second-order valence-corrected chi connectivity index (χ2v) is 13.2. The number of nitrogens with zero attached hydrogens (tertiary/aromatic N) is 5. The van der Waals surface area contributed by atoms with Crippen LogP contribution in [-0.4, -0.2) is 24.1 Å². The van der Waals surface area contributed by atoms with Gasteiger partial charge in [-0.15, -0.1) is 0 Å². The molecule has 0 aliphatic carbocycles. The lowest BCUT2D eigenvalue weighted by Crippen LogP contribution is -2.07. The summed E-state index contributed by atoms with van der Waals surface area (Å²) in [4.78, 5) is 15.6. The van der Waals surface area contributed by atoms with E-state index in [4.69, 9.17) is 15.0 Å². The molecule has 0 bridgehead atoms. The molecule has 11 aromatic rings. The fraction of sp³-hybridized carbons (Fsp3) is 0. The van der Waals surface area contributed by atoms with Crippen molar-refractivity contribution in [2.75, 3.05) is 0 Å². The molecule has 0 aliphatic rings. The van der Waals surface area contributed by atoms with Crippen LogP contribution in [0.4, 0.5) is 0 Å². The highest BCUT2D eigenvalue weighted by atomic mass is 15.2. The Morgan fingerprint density at radius 1 is 0.327 bits per heavy atom. The molecule has 11 rings (SSSR count). The van der Waals surface area contributed by atoms with Crippen LogP contribution in [0.3, 0.4) is 0 Å². The van der Waals surface area contributed by atoms with E-state index in [0.29, 0.717) is 17.6 Å². The Hall–Kier alpha value is -7.11. The number of benzene rings is 8. The molecule has 5 heteroatoms. The minimum Gasteiger partial charge on any atom is -0.307 e. The van der Waals surface area contributed by atoms with Gasteiger partial charge in [-0.2, -0.15) is 9.97 Å². The summed E-state index contributed by atoms with van der Waals surface area (Å²) in [7, 11) is 0. The lowest BCUT2D eigenvalue weighted by molar-refractivity contribution is 0.953. The average molecular weight is 664 g/mol. The van der Waals surface area contributed by atoms with Crippen molar-refractivity contribution in [3.8, 4) is 34.4 Å². The van der Waals surface area contributed by atoms with Crippen LogP contribution < -0.4 is 0 Å². The summed E-state index contributed by atoms with van der Waals surface area (Å²) in [6, 6.07) is 62.0. The van der Waals surface area contributed by atoms with Gasteiger partial charge in [0.25, 0.3) is 0 Å². The monoisotopic (exact) mass is 663 g/mol. The van der Waals surface area contributed by atoms with E-state index in [-0.39, 0.29) is 0 Å². The lowest BCUT2D eigenvalue weighted by atomic mass is 10.0. The minimum absolute atomic E-state index is 0.574. The summed E-state index contributed by atoms with van der Waals surface area (Å²) in [6.07, 6.45) is 0. The van der Waals surface area contributed by atoms with Crippen molar-refractivity contribution in [2.24, 2.45) is 0 Å². The van der Waals surface area contributed by atoms with Gasteiger partial charge >= 0.3 is 0 Å². The summed E-state index contributed by atoms with van der Waals surface area (Å²) in [6.45, 7) is 0. The molecule has 8 aromatic carbocycles. The van der Waals surface area contributed by atoms with Crippen molar-refractivity contribution in [3.63, 3.8) is 0 Å². The van der Waals surface area contributed by atoms with Crippen molar-refractivity contribution >= 4 is 65.2 Å². The predicted molar refractivity (Wildman–Crippen MR) is 214 cm³/mol. The third kappa shape index (κ3) is 4.20. The number of aromatic nitrogens is 5. The van der Waals surface area contributed by atoms with Crippen LogP contribution >= 0.6 is 0 Å². The first-order chi connectivity index (χ1) is 25.8. The zero-order chi connectivity index (χ0) is 34.2. The van der Waals surface area contributed by atoms with E-state index in [1.54, 1.807) is 0 Å². The molecule has 0 spiro atoms. The van der Waals surface area contributed by atoms with Crippen LogP contribution in [-0.2, 0) is 0 Å². The highest BCUT2D eigenvalue weighted by molar-refractivity contribution is 6.31. The van der Waals surface area contributed by atoms with Crippen LogP contribution in [0.2, 0.25) is 0 Å². The fourth-order valence-electron chi connectivity index (χ4n) is 8.09. The summed E-state index contributed by atoms with van der Waals surface area (Å²) in [5, 5.41) is 9.55. The van der Waals surface area contributed by atoms with Gasteiger partial charge in [-0.05, 0) is 45.8 Å². The Morgan fingerprint density at radius 2 is 0.769 bits per heavy atom. The number of hydrogen-bond donors (Lipinski definition) is 0.